The second-order valence-electron chi connectivity index (χ2n) is 3.87. The maximum Gasteiger partial charge on any atom is 0.312 e. The highest BCUT2D eigenvalue weighted by Crippen LogP contribution is 2.34. The summed E-state index contributed by atoms with van der Waals surface area (Å²) >= 11 is 2.87. The number of nitrogens with two attached hydrogens (primary N) is 1. The summed E-state index contributed by atoms with van der Waals surface area (Å²) in [4.78, 5) is 14.1. The summed E-state index contributed by atoms with van der Waals surface area (Å²) < 4.78 is 18.7. The Bertz CT molecular complexity index is 738. The average molecular weight is 355 g/mol. The highest BCUT2D eigenvalue weighted by Gasteiger charge is 2.20. The van der Waals surface area contributed by atoms with Crippen molar-refractivity contribution in [2.45, 2.75) is 0 Å². The zero-order chi connectivity index (χ0) is 15.6. The lowest BCUT2D eigenvalue weighted by Gasteiger charge is -2.07. The highest BCUT2D eigenvalue weighted by molar-refractivity contribution is 9.10. The summed E-state index contributed by atoms with van der Waals surface area (Å²) in [6.07, 6.45) is 0. The van der Waals surface area contributed by atoms with Crippen molar-refractivity contribution in [1.82, 2.24) is 4.98 Å². The van der Waals surface area contributed by atoms with Gasteiger partial charge in [-0.3, -0.25) is 15.5 Å². The molecule has 108 valence electrons. The molecule has 21 heavy (non-hydrogen) atoms. The number of pyridine rings is 1. The molecule has 0 bridgehead atoms. The highest BCUT2D eigenvalue weighted by atomic mass is 79.9. The fourth-order valence-corrected chi connectivity index (χ4v) is 1.81. The van der Waals surface area contributed by atoms with Gasteiger partial charge in [-0.2, -0.15) is 0 Å². The zero-order valence-corrected chi connectivity index (χ0v) is 11.9. The molecule has 0 radical (unpaired) electrons. The number of ether oxygens (including phenoxy) is 1. The number of nitro benzene ring substituents is 1. The predicted octanol–water partition coefficient (Wildman–Crippen LogP) is 2.97. The summed E-state index contributed by atoms with van der Waals surface area (Å²) in [7, 11) is 0. The number of amidine groups is 1. The largest absolute Gasteiger partial charge is 0.432 e. The Labute approximate surface area is 126 Å². The molecule has 3 N–H and O–H groups in total. The predicted molar refractivity (Wildman–Crippen MR) is 76.1 cm³/mol. The van der Waals surface area contributed by atoms with Crippen molar-refractivity contribution in [3.63, 3.8) is 0 Å². The van der Waals surface area contributed by atoms with Gasteiger partial charge in [0.25, 0.3) is 0 Å². The van der Waals surface area contributed by atoms with Crippen LogP contribution in [0.2, 0.25) is 0 Å². The minimum Gasteiger partial charge on any atom is -0.432 e. The van der Waals surface area contributed by atoms with Gasteiger partial charge in [0.1, 0.15) is 17.3 Å². The Morgan fingerprint density at radius 2 is 2.19 bits per heavy atom. The minimum absolute atomic E-state index is 0.0347. The molecular formula is C12H8BrFN4O3. The third-order valence-electron chi connectivity index (χ3n) is 2.41. The van der Waals surface area contributed by atoms with Gasteiger partial charge in [-0.25, -0.2) is 9.37 Å². The van der Waals surface area contributed by atoms with Crippen molar-refractivity contribution in [3.8, 4) is 11.6 Å². The van der Waals surface area contributed by atoms with E-state index in [1.807, 2.05) is 0 Å². The van der Waals surface area contributed by atoms with Crippen molar-refractivity contribution in [1.29, 1.82) is 5.41 Å². The molecule has 0 fully saturated rings. The Morgan fingerprint density at radius 3 is 2.81 bits per heavy atom. The fraction of sp³-hybridized carbons (Fsp3) is 0. The van der Waals surface area contributed by atoms with Crippen LogP contribution in [0, 0.1) is 21.3 Å². The molecule has 0 spiro atoms. The number of nitrogen functional groups attached to an aromatic ring is 1. The van der Waals surface area contributed by atoms with Gasteiger partial charge in [-0.15, -0.1) is 0 Å². The van der Waals surface area contributed by atoms with Gasteiger partial charge >= 0.3 is 5.69 Å². The van der Waals surface area contributed by atoms with E-state index in [0.29, 0.717) is 0 Å². The van der Waals surface area contributed by atoms with Crippen LogP contribution in [0.1, 0.15) is 5.69 Å². The van der Waals surface area contributed by atoms with Crippen LogP contribution >= 0.6 is 15.9 Å². The number of nitrogens with one attached hydrogen (secondary N) is 1. The molecule has 7 nitrogen and oxygen atoms in total. The number of benzene rings is 1. The van der Waals surface area contributed by atoms with Gasteiger partial charge < -0.3 is 10.5 Å². The number of nitro groups is 1. The van der Waals surface area contributed by atoms with Crippen molar-refractivity contribution in [2.24, 2.45) is 5.73 Å². The lowest BCUT2D eigenvalue weighted by molar-refractivity contribution is -0.385. The first-order chi connectivity index (χ1) is 9.88. The normalized spacial score (nSPS) is 10.2. The summed E-state index contributed by atoms with van der Waals surface area (Å²) in [5.74, 6) is -1.32. The van der Waals surface area contributed by atoms with Crippen molar-refractivity contribution < 1.29 is 14.1 Å². The van der Waals surface area contributed by atoms with Gasteiger partial charge in [0, 0.05) is 18.2 Å². The third-order valence-corrected chi connectivity index (χ3v) is 3.02. The summed E-state index contributed by atoms with van der Waals surface area (Å²) in [5, 5.41) is 18.2. The minimum atomic E-state index is -0.710. The lowest BCUT2D eigenvalue weighted by Crippen LogP contribution is -2.13. The van der Waals surface area contributed by atoms with E-state index in [4.69, 9.17) is 15.9 Å². The lowest BCUT2D eigenvalue weighted by atomic mass is 10.3. The molecule has 0 saturated heterocycles. The van der Waals surface area contributed by atoms with E-state index in [9.17, 15) is 14.5 Å². The van der Waals surface area contributed by atoms with Crippen LogP contribution in [-0.4, -0.2) is 15.7 Å². The van der Waals surface area contributed by atoms with E-state index >= 15 is 0 Å². The van der Waals surface area contributed by atoms with Crippen molar-refractivity contribution in [2.75, 3.05) is 0 Å². The summed E-state index contributed by atoms with van der Waals surface area (Å²) in [6, 6.07) is 6.28. The number of nitrogens with zero attached hydrogens (tertiary/aromatic N) is 2. The number of hydrogen-bond acceptors (Lipinski definition) is 5. The molecule has 0 unspecified atom stereocenters. The molecule has 0 aliphatic rings. The zero-order valence-electron chi connectivity index (χ0n) is 10.3. The van der Waals surface area contributed by atoms with Crippen LogP contribution in [0.15, 0.2) is 34.8 Å². The molecule has 0 amide bonds. The molecule has 0 aliphatic heterocycles. The van der Waals surface area contributed by atoms with Crippen molar-refractivity contribution >= 4 is 27.5 Å². The first-order valence-electron chi connectivity index (χ1n) is 5.51. The van der Waals surface area contributed by atoms with Crippen LogP contribution < -0.4 is 10.5 Å². The smallest absolute Gasteiger partial charge is 0.312 e. The monoisotopic (exact) mass is 354 g/mol. The number of aromatic nitrogens is 1. The van der Waals surface area contributed by atoms with Gasteiger partial charge in [0.15, 0.2) is 0 Å². The topological polar surface area (TPSA) is 115 Å². The first kappa shape index (κ1) is 14.9. The quantitative estimate of drug-likeness (QED) is 0.379. The second-order valence-corrected chi connectivity index (χ2v) is 4.72. The van der Waals surface area contributed by atoms with Gasteiger partial charge in [-0.1, -0.05) is 6.07 Å². The molecule has 1 aromatic carbocycles. The SMILES string of the molecule is N=C(N)c1cccc(Oc2cc(F)c(Br)cc2[N+](=O)[O-])n1. The van der Waals surface area contributed by atoms with Gasteiger partial charge in [-0.05, 0) is 22.0 Å². The molecule has 1 heterocycles. The van der Waals surface area contributed by atoms with Crippen LogP contribution in [0.25, 0.3) is 0 Å². The van der Waals surface area contributed by atoms with Crippen LogP contribution in [0.3, 0.4) is 0 Å². The molecular weight excluding hydrogens is 347 g/mol. The van der Waals surface area contributed by atoms with Crippen LogP contribution in [0.5, 0.6) is 11.6 Å². The Kier molecular flexibility index (Phi) is 4.13. The number of hydrogen-bond donors (Lipinski definition) is 2. The molecule has 0 aliphatic carbocycles. The number of halogens is 2. The van der Waals surface area contributed by atoms with E-state index in [-0.39, 0.29) is 27.6 Å². The van der Waals surface area contributed by atoms with Crippen molar-refractivity contribution in [3.05, 3.63) is 56.4 Å². The Balaban J connectivity index is 2.43. The summed E-state index contributed by atoms with van der Waals surface area (Å²) in [6.45, 7) is 0. The molecule has 1 aromatic heterocycles. The van der Waals surface area contributed by atoms with E-state index in [1.165, 1.54) is 18.2 Å². The third kappa shape index (κ3) is 3.31. The average Bonchev–Trinajstić information content (AvgIpc) is 2.42. The maximum atomic E-state index is 13.5. The molecule has 9 heteroatoms. The van der Waals surface area contributed by atoms with Crippen LogP contribution in [-0.2, 0) is 0 Å². The maximum absolute atomic E-state index is 13.5. The number of rotatable bonds is 4. The van der Waals surface area contributed by atoms with E-state index in [1.54, 1.807) is 0 Å². The van der Waals surface area contributed by atoms with Gasteiger partial charge in [0.05, 0.1) is 9.40 Å². The van der Waals surface area contributed by atoms with E-state index in [2.05, 4.69) is 20.9 Å². The molecule has 0 saturated carbocycles. The first-order valence-corrected chi connectivity index (χ1v) is 6.30. The fourth-order valence-electron chi connectivity index (χ4n) is 1.48. The van der Waals surface area contributed by atoms with E-state index in [0.717, 1.165) is 12.1 Å². The Morgan fingerprint density at radius 1 is 1.48 bits per heavy atom. The van der Waals surface area contributed by atoms with E-state index < -0.39 is 16.4 Å². The van der Waals surface area contributed by atoms with Gasteiger partial charge in [0.2, 0.25) is 11.6 Å². The Hall–Kier alpha value is -2.55. The van der Waals surface area contributed by atoms with Crippen LogP contribution in [0.4, 0.5) is 10.1 Å². The standard InChI is InChI=1S/C12H8BrFN4O3/c13-6-4-9(18(19)20)10(5-7(6)14)21-11-3-1-2-8(17-11)12(15)16/h1-5H,(H3,15,16). The second kappa shape index (κ2) is 5.83. The molecule has 2 rings (SSSR count). The molecule has 0 atom stereocenters. The molecule has 2 aromatic rings. The summed E-state index contributed by atoms with van der Waals surface area (Å²) in [5.41, 5.74) is 5.02.